The van der Waals surface area contributed by atoms with Crippen LogP contribution in [-0.2, 0) is 11.4 Å². The number of aromatic nitrogens is 2. The highest BCUT2D eigenvalue weighted by Crippen LogP contribution is 2.35. The van der Waals surface area contributed by atoms with Gasteiger partial charge in [-0.15, -0.1) is 0 Å². The Morgan fingerprint density at radius 2 is 1.85 bits per heavy atom. The zero-order chi connectivity index (χ0) is 23.5. The third-order valence-corrected chi connectivity index (χ3v) is 5.33. The number of imidazole rings is 1. The number of carbonyl (C=O) groups excluding carboxylic acids is 1. The molecule has 2 aromatic heterocycles. The van der Waals surface area contributed by atoms with Crippen LogP contribution in [0.3, 0.4) is 0 Å². The first-order valence-corrected chi connectivity index (χ1v) is 10.7. The predicted octanol–water partition coefficient (Wildman–Crippen LogP) is 5.18. The third-order valence-electron chi connectivity index (χ3n) is 5.33. The Balaban J connectivity index is 1.70. The van der Waals surface area contributed by atoms with Crippen molar-refractivity contribution in [3.05, 3.63) is 107 Å². The van der Waals surface area contributed by atoms with E-state index in [4.69, 9.17) is 9.15 Å². The molecule has 5 aromatic rings. The molecule has 7 nitrogen and oxygen atoms in total. The molecule has 0 fully saturated rings. The predicted molar refractivity (Wildman–Crippen MR) is 130 cm³/mol. The molecule has 0 aliphatic carbocycles. The van der Waals surface area contributed by atoms with Crippen LogP contribution in [0.15, 0.2) is 101 Å². The van der Waals surface area contributed by atoms with E-state index in [2.05, 4.69) is 10.3 Å². The lowest BCUT2D eigenvalue weighted by atomic mass is 10.1. The van der Waals surface area contributed by atoms with Gasteiger partial charge in [0.25, 0.3) is 0 Å². The summed E-state index contributed by atoms with van der Waals surface area (Å²) < 4.78 is 14.2. The van der Waals surface area contributed by atoms with E-state index in [0.29, 0.717) is 28.0 Å². The zero-order valence-corrected chi connectivity index (χ0v) is 18.4. The average molecular weight is 451 g/mol. The number of nitrogens with one attached hydrogen (secondary N) is 1. The van der Waals surface area contributed by atoms with Crippen molar-refractivity contribution in [2.75, 3.05) is 5.32 Å². The number of nitrogens with zero attached hydrogens (tertiary/aromatic N) is 2. The summed E-state index contributed by atoms with van der Waals surface area (Å²) in [7, 11) is 0. The summed E-state index contributed by atoms with van der Waals surface area (Å²) in [6.07, 6.45) is 5.19. The standard InChI is InChI=1S/C27H21N3O4/c1-18(31)29-20-11-12-24-22(15-20)25(32)27(33-16-19-7-3-2-4-8-19)26(34-24)21-9-5-6-10-23(21)30-14-13-28-17-30/h2-15,17H,16H2,1H3,(H,29,31). The second-order valence-electron chi connectivity index (χ2n) is 7.74. The van der Waals surface area contributed by atoms with Crippen molar-refractivity contribution in [2.45, 2.75) is 13.5 Å². The third kappa shape index (κ3) is 4.19. The van der Waals surface area contributed by atoms with E-state index in [1.807, 2.05) is 65.4 Å². The Kier molecular flexibility index (Phi) is 5.66. The molecule has 1 N–H and O–H groups in total. The van der Waals surface area contributed by atoms with Crippen molar-refractivity contribution < 1.29 is 13.9 Å². The van der Waals surface area contributed by atoms with Crippen molar-refractivity contribution in [3.63, 3.8) is 0 Å². The molecule has 0 unspecified atom stereocenters. The first-order valence-electron chi connectivity index (χ1n) is 10.7. The normalized spacial score (nSPS) is 10.9. The topological polar surface area (TPSA) is 86.4 Å². The number of benzene rings is 3. The number of ether oxygens (including phenoxy) is 1. The summed E-state index contributed by atoms with van der Waals surface area (Å²) in [6, 6.07) is 22.1. The number of amides is 1. The second-order valence-corrected chi connectivity index (χ2v) is 7.74. The molecule has 0 aliphatic heterocycles. The number of fused-ring (bicyclic) bond motifs is 1. The largest absolute Gasteiger partial charge is 0.481 e. The van der Waals surface area contributed by atoms with Crippen molar-refractivity contribution in [2.24, 2.45) is 0 Å². The first kappa shape index (κ1) is 21.2. The molecule has 34 heavy (non-hydrogen) atoms. The maximum absolute atomic E-state index is 13.7. The van der Waals surface area contributed by atoms with E-state index < -0.39 is 0 Å². The Morgan fingerprint density at radius 3 is 2.62 bits per heavy atom. The monoisotopic (exact) mass is 451 g/mol. The van der Waals surface area contributed by atoms with Crippen molar-refractivity contribution in [1.29, 1.82) is 0 Å². The lowest BCUT2D eigenvalue weighted by molar-refractivity contribution is -0.114. The van der Waals surface area contributed by atoms with Gasteiger partial charge in [-0.2, -0.15) is 0 Å². The molecule has 0 saturated carbocycles. The molecule has 0 spiro atoms. The van der Waals surface area contributed by atoms with E-state index in [1.165, 1.54) is 6.92 Å². The highest BCUT2D eigenvalue weighted by molar-refractivity contribution is 5.92. The number of anilines is 1. The van der Waals surface area contributed by atoms with Crippen LogP contribution in [-0.4, -0.2) is 15.5 Å². The fraction of sp³-hybridized carbons (Fsp3) is 0.0741. The maximum atomic E-state index is 13.7. The van der Waals surface area contributed by atoms with E-state index >= 15 is 0 Å². The Bertz CT molecular complexity index is 1520. The minimum absolute atomic E-state index is 0.101. The summed E-state index contributed by atoms with van der Waals surface area (Å²) in [4.78, 5) is 29.3. The van der Waals surface area contributed by atoms with Gasteiger partial charge in [0, 0.05) is 30.6 Å². The van der Waals surface area contributed by atoms with Gasteiger partial charge in [0.1, 0.15) is 12.2 Å². The lowest BCUT2D eigenvalue weighted by Gasteiger charge is -2.15. The van der Waals surface area contributed by atoms with Gasteiger partial charge < -0.3 is 19.0 Å². The minimum Gasteiger partial charge on any atom is -0.481 e. The molecule has 0 saturated heterocycles. The van der Waals surface area contributed by atoms with Crippen LogP contribution in [0.5, 0.6) is 5.75 Å². The summed E-state index contributed by atoms with van der Waals surface area (Å²) in [5, 5.41) is 3.02. The SMILES string of the molecule is CC(=O)Nc1ccc2oc(-c3ccccc3-n3ccnc3)c(OCc3ccccc3)c(=O)c2c1. The molecular formula is C27H21N3O4. The van der Waals surface area contributed by atoms with Crippen molar-refractivity contribution in [3.8, 4) is 22.8 Å². The summed E-state index contributed by atoms with van der Waals surface area (Å²) in [6.45, 7) is 1.61. The Labute approximate surface area is 195 Å². The second kappa shape index (κ2) is 9.07. The van der Waals surface area contributed by atoms with Crippen LogP contribution in [0.1, 0.15) is 12.5 Å². The van der Waals surface area contributed by atoms with Crippen molar-refractivity contribution >= 4 is 22.6 Å². The number of rotatable bonds is 6. The number of hydrogen-bond acceptors (Lipinski definition) is 5. The van der Waals surface area contributed by atoms with Gasteiger partial charge >= 0.3 is 0 Å². The van der Waals surface area contributed by atoms with Gasteiger partial charge in [-0.05, 0) is 35.9 Å². The summed E-state index contributed by atoms with van der Waals surface area (Å²) in [5.74, 6) is 0.198. The van der Waals surface area contributed by atoms with Crippen LogP contribution in [0.4, 0.5) is 5.69 Å². The van der Waals surface area contributed by atoms with E-state index in [-0.39, 0.29) is 23.7 Å². The Hall–Kier alpha value is -4.65. The highest BCUT2D eigenvalue weighted by Gasteiger charge is 2.21. The smallest absolute Gasteiger partial charge is 0.235 e. The van der Waals surface area contributed by atoms with E-state index in [0.717, 1.165) is 11.3 Å². The molecule has 0 bridgehead atoms. The number of carbonyl (C=O) groups is 1. The molecule has 1 amide bonds. The van der Waals surface area contributed by atoms with Crippen LogP contribution in [0, 0.1) is 0 Å². The number of hydrogen-bond donors (Lipinski definition) is 1. The number of para-hydroxylation sites is 1. The van der Waals surface area contributed by atoms with Gasteiger partial charge in [-0.3, -0.25) is 9.59 Å². The minimum atomic E-state index is -0.320. The average Bonchev–Trinajstić information content (AvgIpc) is 3.39. The fourth-order valence-electron chi connectivity index (χ4n) is 3.79. The van der Waals surface area contributed by atoms with Crippen LogP contribution in [0.2, 0.25) is 0 Å². The fourth-order valence-corrected chi connectivity index (χ4v) is 3.79. The molecule has 7 heteroatoms. The van der Waals surface area contributed by atoms with Crippen molar-refractivity contribution in [1.82, 2.24) is 9.55 Å². The zero-order valence-electron chi connectivity index (χ0n) is 18.4. The first-order chi connectivity index (χ1) is 16.6. The highest BCUT2D eigenvalue weighted by atomic mass is 16.5. The molecule has 2 heterocycles. The molecule has 3 aromatic carbocycles. The molecule has 5 rings (SSSR count). The Morgan fingerprint density at radius 1 is 1.06 bits per heavy atom. The van der Waals surface area contributed by atoms with Gasteiger partial charge in [0.15, 0.2) is 5.76 Å². The van der Waals surface area contributed by atoms with Crippen LogP contribution >= 0.6 is 0 Å². The lowest BCUT2D eigenvalue weighted by Crippen LogP contribution is -2.12. The van der Waals surface area contributed by atoms with Gasteiger partial charge in [-0.1, -0.05) is 42.5 Å². The van der Waals surface area contributed by atoms with E-state index in [9.17, 15) is 9.59 Å². The van der Waals surface area contributed by atoms with Gasteiger partial charge in [0.05, 0.1) is 17.4 Å². The maximum Gasteiger partial charge on any atom is 0.235 e. The summed E-state index contributed by atoms with van der Waals surface area (Å²) >= 11 is 0. The summed E-state index contributed by atoms with van der Waals surface area (Å²) in [5.41, 5.74) is 2.98. The molecular weight excluding hydrogens is 430 g/mol. The van der Waals surface area contributed by atoms with Crippen LogP contribution < -0.4 is 15.5 Å². The van der Waals surface area contributed by atoms with Crippen LogP contribution in [0.25, 0.3) is 28.0 Å². The molecule has 0 radical (unpaired) electrons. The van der Waals surface area contributed by atoms with Gasteiger partial charge in [0.2, 0.25) is 17.1 Å². The molecule has 168 valence electrons. The quantitative estimate of drug-likeness (QED) is 0.384. The van der Waals surface area contributed by atoms with Gasteiger partial charge in [-0.25, -0.2) is 4.98 Å². The molecule has 0 atom stereocenters. The molecule has 0 aliphatic rings. The van der Waals surface area contributed by atoms with E-state index in [1.54, 1.807) is 30.7 Å².